The Morgan fingerprint density at radius 1 is 1.14 bits per heavy atom. The van der Waals surface area contributed by atoms with E-state index in [0.717, 1.165) is 16.7 Å². The Kier molecular flexibility index (Phi) is 3.82. The number of carbonyl (C=O) groups excluding carboxylic acids is 1. The van der Waals surface area contributed by atoms with Crippen LogP contribution in [0.5, 0.6) is 0 Å². The van der Waals surface area contributed by atoms with Gasteiger partial charge >= 0.3 is 6.09 Å². The molecule has 0 saturated carbocycles. The summed E-state index contributed by atoms with van der Waals surface area (Å²) in [6.07, 6.45) is 6.26. The summed E-state index contributed by atoms with van der Waals surface area (Å²) in [6, 6.07) is 6.84. The molecule has 0 atom stereocenters. The fourth-order valence-electron chi connectivity index (χ4n) is 1.97. The predicted molar refractivity (Wildman–Crippen MR) is 80.9 cm³/mol. The van der Waals surface area contributed by atoms with Crippen LogP contribution in [0.25, 0.3) is 11.1 Å². The Balaban J connectivity index is 1.73. The minimum absolute atomic E-state index is 0.101. The number of hydrogen-bond acceptors (Lipinski definition) is 3. The van der Waals surface area contributed by atoms with Crippen molar-refractivity contribution in [2.24, 2.45) is 0 Å². The number of fused-ring (bicyclic) bond motifs is 1. The van der Waals surface area contributed by atoms with Crippen molar-refractivity contribution in [1.29, 1.82) is 0 Å². The zero-order chi connectivity index (χ0) is 14.8. The summed E-state index contributed by atoms with van der Waals surface area (Å²) in [7, 11) is 0. The van der Waals surface area contributed by atoms with Crippen molar-refractivity contribution >= 4 is 29.3 Å². The molecule has 0 aromatic heterocycles. The zero-order valence-electron chi connectivity index (χ0n) is 10.8. The van der Waals surface area contributed by atoms with E-state index < -0.39 is 6.09 Å². The molecule has 0 spiro atoms. The molecule has 0 aliphatic carbocycles. The van der Waals surface area contributed by atoms with Gasteiger partial charge in [0.15, 0.2) is 0 Å². The lowest BCUT2D eigenvalue weighted by Crippen LogP contribution is -2.13. The van der Waals surface area contributed by atoms with Gasteiger partial charge in [-0.2, -0.15) is 0 Å². The third kappa shape index (κ3) is 3.17. The highest BCUT2D eigenvalue weighted by Crippen LogP contribution is 2.21. The van der Waals surface area contributed by atoms with Gasteiger partial charge in [-0.15, -0.1) is 0 Å². The molecular formula is C15H10Cl2N2O2. The van der Waals surface area contributed by atoms with Crippen molar-refractivity contribution in [2.75, 3.05) is 0 Å². The number of ether oxygens (including phenoxy) is 1. The van der Waals surface area contributed by atoms with Crippen molar-refractivity contribution in [2.45, 2.75) is 6.61 Å². The highest BCUT2D eigenvalue weighted by Gasteiger charge is 2.09. The molecule has 1 aromatic rings. The van der Waals surface area contributed by atoms with E-state index in [0.29, 0.717) is 10.0 Å². The van der Waals surface area contributed by atoms with Gasteiger partial charge in [-0.1, -0.05) is 23.2 Å². The summed E-state index contributed by atoms with van der Waals surface area (Å²) in [6.45, 7) is 0.101. The van der Waals surface area contributed by atoms with E-state index in [4.69, 9.17) is 27.9 Å². The Labute approximate surface area is 131 Å². The van der Waals surface area contributed by atoms with E-state index in [2.05, 4.69) is 4.98 Å². The number of carbonyl (C=O) groups is 1. The average Bonchev–Trinajstić information content (AvgIpc) is 2.91. The highest BCUT2D eigenvalue weighted by atomic mass is 35.5. The Morgan fingerprint density at radius 2 is 1.86 bits per heavy atom. The summed E-state index contributed by atoms with van der Waals surface area (Å²) in [5, 5.41) is 1.01. The van der Waals surface area contributed by atoms with Gasteiger partial charge in [-0.3, -0.25) is 9.55 Å². The number of benzene rings is 1. The lowest BCUT2D eigenvalue weighted by Gasteiger charge is -2.09. The van der Waals surface area contributed by atoms with Gasteiger partial charge in [-0.25, -0.2) is 4.79 Å². The fraction of sp³-hybridized carbons (Fsp3) is 0.0667. The summed E-state index contributed by atoms with van der Waals surface area (Å²) in [5.74, 6) is 0. The van der Waals surface area contributed by atoms with Crippen molar-refractivity contribution in [1.82, 2.24) is 9.55 Å². The molecule has 4 nitrogen and oxygen atoms in total. The monoisotopic (exact) mass is 320 g/mol. The third-order valence-electron chi connectivity index (χ3n) is 2.95. The van der Waals surface area contributed by atoms with Gasteiger partial charge in [0.2, 0.25) is 0 Å². The zero-order valence-corrected chi connectivity index (χ0v) is 12.3. The van der Waals surface area contributed by atoms with Crippen LogP contribution in [0.2, 0.25) is 10.0 Å². The summed E-state index contributed by atoms with van der Waals surface area (Å²) in [4.78, 5) is 16.0. The SMILES string of the molecule is O=C(OCc1cc(Cl)cc(Cl)c1)n1ccc2cncc-2c1. The molecule has 106 valence electrons. The lowest BCUT2D eigenvalue weighted by molar-refractivity contribution is 0.141. The van der Waals surface area contributed by atoms with Gasteiger partial charge in [0.25, 0.3) is 0 Å². The molecule has 0 radical (unpaired) electrons. The number of halogens is 2. The first-order valence-corrected chi connectivity index (χ1v) is 6.91. The van der Waals surface area contributed by atoms with Gasteiger partial charge < -0.3 is 4.74 Å². The molecule has 0 fully saturated rings. The largest absolute Gasteiger partial charge is 0.444 e. The maximum absolute atomic E-state index is 12.0. The third-order valence-corrected chi connectivity index (χ3v) is 3.39. The van der Waals surface area contributed by atoms with Crippen molar-refractivity contribution in [3.05, 3.63) is 64.7 Å². The molecular weight excluding hydrogens is 311 g/mol. The number of nitrogens with zero attached hydrogens (tertiary/aromatic N) is 2. The summed E-state index contributed by atoms with van der Waals surface area (Å²) >= 11 is 11.8. The van der Waals surface area contributed by atoms with Crippen LogP contribution in [0, 0.1) is 0 Å². The molecule has 3 rings (SSSR count). The number of pyridine rings is 1. The topological polar surface area (TPSA) is 44.1 Å². The van der Waals surface area contributed by atoms with E-state index >= 15 is 0 Å². The molecule has 0 unspecified atom stereocenters. The standard InChI is InChI=1S/C15H10Cl2N2O2/c16-13-3-10(4-14(17)5-13)9-21-15(20)19-2-1-11-6-18-7-12(11)8-19/h1-8H,9H2. The van der Waals surface area contributed by atoms with E-state index in [1.54, 1.807) is 49.1 Å². The first-order chi connectivity index (χ1) is 10.1. The van der Waals surface area contributed by atoms with Crippen LogP contribution in [0.3, 0.4) is 0 Å². The van der Waals surface area contributed by atoms with Crippen LogP contribution in [0.1, 0.15) is 5.56 Å². The highest BCUT2D eigenvalue weighted by molar-refractivity contribution is 6.34. The lowest BCUT2D eigenvalue weighted by atomic mass is 10.2. The average molecular weight is 321 g/mol. The molecule has 0 bridgehead atoms. The van der Waals surface area contributed by atoms with Gasteiger partial charge in [0.05, 0.1) is 0 Å². The Hall–Kier alpha value is -2.04. The van der Waals surface area contributed by atoms with Crippen LogP contribution in [-0.4, -0.2) is 15.6 Å². The fourth-order valence-corrected chi connectivity index (χ4v) is 2.55. The smallest absolute Gasteiger partial charge is 0.418 e. The Morgan fingerprint density at radius 3 is 2.62 bits per heavy atom. The number of rotatable bonds is 2. The van der Waals surface area contributed by atoms with Crippen molar-refractivity contribution in [3.63, 3.8) is 0 Å². The molecule has 6 heteroatoms. The molecule has 0 N–H and O–H groups in total. The maximum atomic E-state index is 12.0. The summed E-state index contributed by atoms with van der Waals surface area (Å²) < 4.78 is 6.61. The van der Waals surface area contributed by atoms with Gasteiger partial charge in [-0.05, 0) is 29.8 Å². The van der Waals surface area contributed by atoms with Crippen LogP contribution < -0.4 is 0 Å². The van der Waals surface area contributed by atoms with Crippen LogP contribution in [-0.2, 0) is 11.3 Å². The van der Waals surface area contributed by atoms with E-state index in [9.17, 15) is 4.79 Å². The molecule has 0 amide bonds. The second kappa shape index (κ2) is 5.76. The number of aromatic nitrogens is 2. The predicted octanol–water partition coefficient (Wildman–Crippen LogP) is 4.48. The minimum Gasteiger partial charge on any atom is -0.444 e. The molecule has 0 saturated heterocycles. The molecule has 2 heterocycles. The van der Waals surface area contributed by atoms with Crippen molar-refractivity contribution < 1.29 is 9.53 Å². The van der Waals surface area contributed by atoms with Crippen LogP contribution in [0.15, 0.2) is 49.1 Å². The second-order valence-electron chi connectivity index (χ2n) is 4.50. The number of hydrogen-bond donors (Lipinski definition) is 0. The quantitative estimate of drug-likeness (QED) is 0.699. The molecule has 2 aliphatic heterocycles. The minimum atomic E-state index is -0.478. The first-order valence-electron chi connectivity index (χ1n) is 6.15. The first kappa shape index (κ1) is 13.9. The molecule has 21 heavy (non-hydrogen) atoms. The van der Waals surface area contributed by atoms with Gasteiger partial charge in [0.1, 0.15) is 6.61 Å². The van der Waals surface area contributed by atoms with E-state index in [1.165, 1.54) is 4.57 Å². The summed E-state index contributed by atoms with van der Waals surface area (Å²) in [5.41, 5.74) is 2.58. The van der Waals surface area contributed by atoms with Crippen LogP contribution >= 0.6 is 23.2 Å². The second-order valence-corrected chi connectivity index (χ2v) is 5.38. The molecule has 1 aromatic carbocycles. The van der Waals surface area contributed by atoms with E-state index in [1.807, 2.05) is 0 Å². The molecule has 2 aliphatic rings. The van der Waals surface area contributed by atoms with E-state index in [-0.39, 0.29) is 6.61 Å². The van der Waals surface area contributed by atoms with Gasteiger partial charge in [0, 0.05) is 46.0 Å². The maximum Gasteiger partial charge on any atom is 0.418 e. The Bertz CT molecular complexity index is 750. The van der Waals surface area contributed by atoms with Crippen LogP contribution in [0.4, 0.5) is 4.79 Å². The normalized spacial score (nSPS) is 10.8. The van der Waals surface area contributed by atoms with Crippen molar-refractivity contribution in [3.8, 4) is 11.1 Å².